The van der Waals surface area contributed by atoms with Gasteiger partial charge in [0.1, 0.15) is 0 Å². The van der Waals surface area contributed by atoms with E-state index in [1.165, 1.54) is 0 Å². The summed E-state index contributed by atoms with van der Waals surface area (Å²) in [6.07, 6.45) is 5.93. The van der Waals surface area contributed by atoms with E-state index in [9.17, 15) is 9.90 Å². The normalized spacial score (nSPS) is 30.8. The number of hydrogen-bond acceptors (Lipinski definition) is 7. The maximum atomic E-state index is 13.4. The van der Waals surface area contributed by atoms with Gasteiger partial charge in [-0.1, -0.05) is 0 Å². The summed E-state index contributed by atoms with van der Waals surface area (Å²) < 4.78 is 10.6. The number of rotatable bonds is 4. The molecular weight excluding hydrogens is 360 g/mol. The van der Waals surface area contributed by atoms with Gasteiger partial charge < -0.3 is 24.4 Å². The molecule has 1 saturated carbocycles. The quantitative estimate of drug-likeness (QED) is 0.836. The Kier molecular flexibility index (Phi) is 5.31. The Bertz CT molecular complexity index is 700. The number of aromatic nitrogens is 2. The van der Waals surface area contributed by atoms with E-state index in [2.05, 4.69) is 19.8 Å². The number of methoxy groups -OCH3 is 2. The summed E-state index contributed by atoms with van der Waals surface area (Å²) in [5.74, 6) is 1.75. The highest BCUT2D eigenvalue weighted by Gasteiger charge is 2.51. The second kappa shape index (κ2) is 7.73. The average Bonchev–Trinajstić information content (AvgIpc) is 3.03. The minimum atomic E-state index is -0.353. The molecule has 1 atom stereocenters. The number of piperidine rings is 1. The van der Waals surface area contributed by atoms with Gasteiger partial charge in [0.05, 0.1) is 31.8 Å². The number of ether oxygens (including phenoxy) is 2. The molecule has 0 aromatic carbocycles. The van der Waals surface area contributed by atoms with Gasteiger partial charge in [0.2, 0.25) is 23.6 Å². The van der Waals surface area contributed by atoms with Crippen molar-refractivity contribution < 1.29 is 19.4 Å². The molecule has 1 amide bonds. The summed E-state index contributed by atoms with van der Waals surface area (Å²) in [5.41, 5.74) is -0.353. The summed E-state index contributed by atoms with van der Waals surface area (Å²) >= 11 is 0. The summed E-state index contributed by atoms with van der Waals surface area (Å²) in [5, 5.41) is 9.78. The summed E-state index contributed by atoms with van der Waals surface area (Å²) in [4.78, 5) is 26.6. The molecule has 8 nitrogen and oxygen atoms in total. The predicted molar refractivity (Wildman–Crippen MR) is 104 cm³/mol. The fourth-order valence-corrected chi connectivity index (χ4v) is 4.99. The third-order valence-corrected chi connectivity index (χ3v) is 6.60. The molecule has 2 saturated heterocycles. The van der Waals surface area contributed by atoms with Crippen molar-refractivity contribution in [3.63, 3.8) is 0 Å². The summed E-state index contributed by atoms with van der Waals surface area (Å²) in [7, 11) is 3.14. The van der Waals surface area contributed by atoms with Crippen molar-refractivity contribution in [2.75, 3.05) is 38.8 Å². The highest BCUT2D eigenvalue weighted by molar-refractivity contribution is 5.86. The Morgan fingerprint density at radius 3 is 2.39 bits per heavy atom. The minimum absolute atomic E-state index is 0.201. The number of nitrogens with zero attached hydrogens (tertiary/aromatic N) is 4. The number of carbonyl (C=O) groups excluding carboxylic acids is 1. The molecule has 1 aliphatic carbocycles. The van der Waals surface area contributed by atoms with Crippen molar-refractivity contribution in [3.8, 4) is 11.8 Å². The zero-order valence-electron chi connectivity index (χ0n) is 16.8. The molecule has 1 unspecified atom stereocenters. The second-order valence-corrected chi connectivity index (χ2v) is 8.27. The molecule has 4 rings (SSSR count). The number of amides is 1. The average molecular weight is 390 g/mol. The molecule has 28 heavy (non-hydrogen) atoms. The fourth-order valence-electron chi connectivity index (χ4n) is 4.99. The molecule has 3 fully saturated rings. The largest absolute Gasteiger partial charge is 0.481 e. The van der Waals surface area contributed by atoms with Crippen molar-refractivity contribution in [1.82, 2.24) is 14.9 Å². The van der Waals surface area contributed by atoms with E-state index < -0.39 is 0 Å². The first-order valence-electron chi connectivity index (χ1n) is 10.3. The van der Waals surface area contributed by atoms with Gasteiger partial charge in [0.25, 0.3) is 0 Å². The lowest BCUT2D eigenvalue weighted by Gasteiger charge is -2.40. The lowest BCUT2D eigenvalue weighted by molar-refractivity contribution is -0.139. The monoisotopic (exact) mass is 390 g/mol. The number of aliphatic hydroxyl groups is 1. The van der Waals surface area contributed by atoms with Crippen molar-refractivity contribution >= 4 is 11.9 Å². The Balaban J connectivity index is 1.51. The standard InChI is InChI=1S/C20H30N4O4/c1-27-16-12-17(28-2)22-19(21-16)23-10-3-8-20(13-23)9-11-24(18(20)26)14-4-6-15(25)7-5-14/h12,14-15,25H,3-11,13H2,1-2H3. The van der Waals surface area contributed by atoms with E-state index in [0.717, 1.165) is 58.0 Å². The van der Waals surface area contributed by atoms with Gasteiger partial charge in [-0.15, -0.1) is 0 Å². The third kappa shape index (κ3) is 3.50. The van der Waals surface area contributed by atoms with Gasteiger partial charge in [0.15, 0.2) is 0 Å². The van der Waals surface area contributed by atoms with Crippen LogP contribution in [0.5, 0.6) is 11.8 Å². The highest BCUT2D eigenvalue weighted by atomic mass is 16.5. The number of likely N-dealkylation sites (tertiary alicyclic amines) is 1. The van der Waals surface area contributed by atoms with Gasteiger partial charge in [-0.25, -0.2) is 0 Å². The molecular formula is C20H30N4O4. The van der Waals surface area contributed by atoms with Crippen molar-refractivity contribution in [2.24, 2.45) is 5.41 Å². The minimum Gasteiger partial charge on any atom is -0.481 e. The van der Waals surface area contributed by atoms with Crippen molar-refractivity contribution in [3.05, 3.63) is 6.07 Å². The van der Waals surface area contributed by atoms with Gasteiger partial charge in [-0.2, -0.15) is 9.97 Å². The number of carbonyl (C=O) groups is 1. The summed E-state index contributed by atoms with van der Waals surface area (Å²) in [6.45, 7) is 2.27. The first-order valence-corrected chi connectivity index (χ1v) is 10.3. The Labute approximate surface area is 165 Å². The van der Waals surface area contributed by atoms with Crippen LogP contribution in [0.25, 0.3) is 0 Å². The smallest absolute Gasteiger partial charge is 0.232 e. The van der Waals surface area contributed by atoms with Crippen LogP contribution < -0.4 is 14.4 Å². The molecule has 1 aromatic heterocycles. The van der Waals surface area contributed by atoms with Crippen LogP contribution in [0.15, 0.2) is 6.07 Å². The molecule has 154 valence electrons. The van der Waals surface area contributed by atoms with E-state index in [1.807, 2.05) is 0 Å². The zero-order valence-corrected chi connectivity index (χ0v) is 16.8. The van der Waals surface area contributed by atoms with Crippen LogP contribution in [0.4, 0.5) is 5.95 Å². The topological polar surface area (TPSA) is 88.0 Å². The van der Waals surface area contributed by atoms with E-state index in [-0.39, 0.29) is 23.5 Å². The maximum Gasteiger partial charge on any atom is 0.232 e. The van der Waals surface area contributed by atoms with Crippen LogP contribution in [0, 0.1) is 5.41 Å². The van der Waals surface area contributed by atoms with Crippen LogP contribution in [0.2, 0.25) is 0 Å². The lowest BCUT2D eigenvalue weighted by atomic mass is 9.78. The van der Waals surface area contributed by atoms with Crippen molar-refractivity contribution in [2.45, 2.75) is 57.1 Å². The van der Waals surface area contributed by atoms with Gasteiger partial charge in [0, 0.05) is 25.7 Å². The van der Waals surface area contributed by atoms with Gasteiger partial charge in [-0.3, -0.25) is 4.79 Å². The van der Waals surface area contributed by atoms with E-state index in [0.29, 0.717) is 24.3 Å². The third-order valence-electron chi connectivity index (χ3n) is 6.60. The first kappa shape index (κ1) is 19.2. The molecule has 0 radical (unpaired) electrons. The second-order valence-electron chi connectivity index (χ2n) is 8.27. The van der Waals surface area contributed by atoms with Crippen LogP contribution in [0.3, 0.4) is 0 Å². The first-order chi connectivity index (χ1) is 13.5. The molecule has 1 spiro atoms. The summed E-state index contributed by atoms with van der Waals surface area (Å²) in [6, 6.07) is 1.93. The molecule has 1 aromatic rings. The van der Waals surface area contributed by atoms with Crippen molar-refractivity contribution in [1.29, 1.82) is 0 Å². The fraction of sp³-hybridized carbons (Fsp3) is 0.750. The Morgan fingerprint density at radius 1 is 1.07 bits per heavy atom. The molecule has 0 bridgehead atoms. The van der Waals surface area contributed by atoms with E-state index >= 15 is 0 Å². The molecule has 3 heterocycles. The molecule has 1 N–H and O–H groups in total. The van der Waals surface area contributed by atoms with E-state index in [4.69, 9.17) is 9.47 Å². The Hall–Kier alpha value is -2.09. The number of aliphatic hydroxyl groups excluding tert-OH is 1. The van der Waals surface area contributed by atoms with Crippen LogP contribution >= 0.6 is 0 Å². The number of hydrogen-bond donors (Lipinski definition) is 1. The SMILES string of the molecule is COc1cc(OC)nc(N2CCCC3(CCN(C4CCC(O)CC4)C3=O)C2)n1. The predicted octanol–water partition coefficient (Wildman–Crippen LogP) is 1.62. The van der Waals surface area contributed by atoms with E-state index in [1.54, 1.807) is 20.3 Å². The Morgan fingerprint density at radius 2 is 1.75 bits per heavy atom. The maximum absolute atomic E-state index is 13.4. The zero-order chi connectivity index (χ0) is 19.7. The molecule has 8 heteroatoms. The molecule has 3 aliphatic rings. The van der Waals surface area contributed by atoms with Crippen LogP contribution in [-0.2, 0) is 4.79 Å². The van der Waals surface area contributed by atoms with Crippen LogP contribution in [-0.4, -0.2) is 71.9 Å². The molecule has 2 aliphatic heterocycles. The van der Waals surface area contributed by atoms with Gasteiger partial charge in [-0.05, 0) is 44.9 Å². The highest BCUT2D eigenvalue weighted by Crippen LogP contribution is 2.43. The lowest BCUT2D eigenvalue weighted by Crippen LogP contribution is -2.50. The number of anilines is 1. The van der Waals surface area contributed by atoms with Crippen LogP contribution in [0.1, 0.15) is 44.9 Å². The van der Waals surface area contributed by atoms with Gasteiger partial charge >= 0.3 is 0 Å².